The van der Waals surface area contributed by atoms with E-state index in [0.29, 0.717) is 36.5 Å². The van der Waals surface area contributed by atoms with Gasteiger partial charge in [-0.05, 0) is 12.8 Å². The molecule has 1 atom stereocenters. The third-order valence-electron chi connectivity index (χ3n) is 3.61. The van der Waals surface area contributed by atoms with Crippen LogP contribution in [-0.2, 0) is 14.3 Å². The molecule has 1 saturated heterocycles. The Balaban J connectivity index is 0.00000625. The summed E-state index contributed by atoms with van der Waals surface area (Å²) in [6.45, 7) is 1.88. The van der Waals surface area contributed by atoms with Crippen LogP contribution in [0.4, 0.5) is 13.2 Å². The number of amides is 1. The summed E-state index contributed by atoms with van der Waals surface area (Å²) in [6, 6.07) is 0. The van der Waals surface area contributed by atoms with Crippen molar-refractivity contribution in [2.45, 2.75) is 19.0 Å². The summed E-state index contributed by atoms with van der Waals surface area (Å²) in [4.78, 5) is 16.2. The average molecular weight is 496 g/mol. The van der Waals surface area contributed by atoms with Gasteiger partial charge in [-0.2, -0.15) is 13.2 Å². The highest BCUT2D eigenvalue weighted by atomic mass is 127. The minimum absolute atomic E-state index is 0. The van der Waals surface area contributed by atoms with Crippen LogP contribution >= 0.6 is 24.0 Å². The van der Waals surface area contributed by atoms with E-state index in [1.54, 1.807) is 0 Å². The number of aliphatic imine (C=N–C) groups is 1. The molecule has 11 heteroatoms. The third-order valence-corrected chi connectivity index (χ3v) is 3.61. The molecule has 154 valence electrons. The van der Waals surface area contributed by atoms with Crippen molar-refractivity contribution in [2.75, 3.05) is 60.2 Å². The van der Waals surface area contributed by atoms with E-state index in [1.807, 2.05) is 0 Å². The number of carbonyl (C=O) groups excluding carboxylic acids is 1. The molecule has 1 fully saturated rings. The fourth-order valence-corrected chi connectivity index (χ4v) is 2.22. The number of hydrogen-bond acceptors (Lipinski definition) is 4. The molecule has 0 aromatic rings. The first kappa shape index (κ1) is 25.2. The van der Waals surface area contributed by atoms with E-state index >= 15 is 0 Å². The van der Waals surface area contributed by atoms with Crippen molar-refractivity contribution in [3.8, 4) is 0 Å². The van der Waals surface area contributed by atoms with Gasteiger partial charge in [-0.25, -0.2) is 0 Å². The number of hydrogen-bond donors (Lipinski definition) is 2. The second-order valence-electron chi connectivity index (χ2n) is 5.88. The van der Waals surface area contributed by atoms with E-state index in [-0.39, 0.29) is 30.5 Å². The Morgan fingerprint density at radius 1 is 1.38 bits per heavy atom. The Morgan fingerprint density at radius 3 is 2.69 bits per heavy atom. The van der Waals surface area contributed by atoms with Crippen LogP contribution in [-0.4, -0.2) is 83.1 Å². The van der Waals surface area contributed by atoms with Gasteiger partial charge in [0.1, 0.15) is 6.54 Å². The molecular weight excluding hydrogens is 468 g/mol. The van der Waals surface area contributed by atoms with E-state index in [9.17, 15) is 18.0 Å². The largest absolute Gasteiger partial charge is 0.406 e. The number of rotatable bonds is 9. The maximum atomic E-state index is 12.2. The van der Waals surface area contributed by atoms with Gasteiger partial charge in [-0.15, -0.1) is 24.0 Å². The number of nitrogens with zero attached hydrogens (tertiary/aromatic N) is 2. The fraction of sp³-hybridized carbons (Fsp3) is 0.867. The summed E-state index contributed by atoms with van der Waals surface area (Å²) in [6.07, 6.45) is -2.63. The molecule has 7 nitrogen and oxygen atoms in total. The first-order chi connectivity index (χ1) is 11.8. The predicted molar refractivity (Wildman–Crippen MR) is 103 cm³/mol. The Hall–Kier alpha value is -0.820. The standard InChI is InChI=1S/C15H27F3N4O3.HI/c1-19-14(21-8-13(23)22(2)11-15(16,17)18)20-5-3-6-24-9-12-4-7-25-10-12;/h12H,3-11H2,1-2H3,(H2,19,20,21);1H. The molecule has 1 aliphatic rings. The molecule has 1 heterocycles. The lowest BCUT2D eigenvalue weighted by Gasteiger charge is -2.20. The summed E-state index contributed by atoms with van der Waals surface area (Å²) in [7, 11) is 2.64. The zero-order valence-electron chi connectivity index (χ0n) is 15.1. The van der Waals surface area contributed by atoms with Crippen molar-refractivity contribution < 1.29 is 27.4 Å². The molecule has 1 aliphatic heterocycles. The van der Waals surface area contributed by atoms with Crippen molar-refractivity contribution in [3.05, 3.63) is 0 Å². The van der Waals surface area contributed by atoms with Crippen molar-refractivity contribution in [1.29, 1.82) is 0 Å². The summed E-state index contributed by atoms with van der Waals surface area (Å²) in [5, 5.41) is 5.68. The van der Waals surface area contributed by atoms with Crippen molar-refractivity contribution >= 4 is 35.8 Å². The maximum absolute atomic E-state index is 12.2. The molecule has 0 spiro atoms. The number of carbonyl (C=O) groups is 1. The molecule has 0 radical (unpaired) electrons. The molecule has 1 rings (SSSR count). The smallest absolute Gasteiger partial charge is 0.381 e. The SMILES string of the molecule is CN=C(NCCCOCC1CCOC1)NCC(=O)N(C)CC(F)(F)F.I. The number of nitrogens with one attached hydrogen (secondary N) is 2. The Morgan fingerprint density at radius 2 is 2.12 bits per heavy atom. The van der Waals surface area contributed by atoms with Crippen LogP contribution in [0.5, 0.6) is 0 Å². The van der Waals surface area contributed by atoms with Gasteiger partial charge in [0.05, 0.1) is 19.8 Å². The first-order valence-electron chi connectivity index (χ1n) is 8.22. The van der Waals surface area contributed by atoms with Gasteiger partial charge in [0, 0.05) is 39.8 Å². The third kappa shape index (κ3) is 11.7. The topological polar surface area (TPSA) is 75.2 Å². The van der Waals surface area contributed by atoms with Gasteiger partial charge in [0.25, 0.3) is 0 Å². The van der Waals surface area contributed by atoms with E-state index in [2.05, 4.69) is 15.6 Å². The normalized spacial score (nSPS) is 17.6. The molecule has 0 aliphatic carbocycles. The minimum Gasteiger partial charge on any atom is -0.381 e. The van der Waals surface area contributed by atoms with Crippen molar-refractivity contribution in [3.63, 3.8) is 0 Å². The number of halogens is 4. The number of alkyl halides is 3. The van der Waals surface area contributed by atoms with Gasteiger partial charge in [0.15, 0.2) is 5.96 Å². The molecule has 0 aromatic carbocycles. The van der Waals surface area contributed by atoms with Crippen molar-refractivity contribution in [1.82, 2.24) is 15.5 Å². The molecule has 0 aromatic heterocycles. The van der Waals surface area contributed by atoms with Gasteiger partial charge < -0.3 is 25.0 Å². The summed E-state index contributed by atoms with van der Waals surface area (Å²) < 4.78 is 47.5. The molecular formula is C15H28F3IN4O3. The number of ether oxygens (including phenoxy) is 2. The van der Waals surface area contributed by atoms with E-state index < -0.39 is 18.6 Å². The maximum Gasteiger partial charge on any atom is 0.406 e. The van der Waals surface area contributed by atoms with Crippen LogP contribution in [0.1, 0.15) is 12.8 Å². The van der Waals surface area contributed by atoms with Crippen molar-refractivity contribution in [2.24, 2.45) is 10.9 Å². The van der Waals surface area contributed by atoms with E-state index in [0.717, 1.165) is 33.1 Å². The highest BCUT2D eigenvalue weighted by Crippen LogP contribution is 2.15. The molecule has 1 unspecified atom stereocenters. The highest BCUT2D eigenvalue weighted by Gasteiger charge is 2.31. The minimum atomic E-state index is -4.41. The lowest BCUT2D eigenvalue weighted by molar-refractivity contribution is -0.157. The Kier molecular flexibility index (Phi) is 12.9. The Labute approximate surface area is 169 Å². The molecule has 26 heavy (non-hydrogen) atoms. The fourth-order valence-electron chi connectivity index (χ4n) is 2.22. The second-order valence-corrected chi connectivity index (χ2v) is 5.88. The van der Waals surface area contributed by atoms with Gasteiger partial charge in [-0.3, -0.25) is 9.79 Å². The molecule has 2 N–H and O–H groups in total. The Bertz CT molecular complexity index is 433. The lowest BCUT2D eigenvalue weighted by atomic mass is 10.1. The summed E-state index contributed by atoms with van der Waals surface area (Å²) >= 11 is 0. The molecule has 1 amide bonds. The van der Waals surface area contributed by atoms with Crippen LogP contribution < -0.4 is 10.6 Å². The van der Waals surface area contributed by atoms with E-state index in [4.69, 9.17) is 9.47 Å². The lowest BCUT2D eigenvalue weighted by Crippen LogP contribution is -2.45. The van der Waals surface area contributed by atoms with E-state index in [1.165, 1.54) is 7.05 Å². The summed E-state index contributed by atoms with van der Waals surface area (Å²) in [5.41, 5.74) is 0. The average Bonchev–Trinajstić information content (AvgIpc) is 3.04. The van der Waals surface area contributed by atoms with Crippen LogP contribution in [0.25, 0.3) is 0 Å². The van der Waals surface area contributed by atoms with Gasteiger partial charge in [-0.1, -0.05) is 0 Å². The van der Waals surface area contributed by atoms with Crippen LogP contribution in [0.3, 0.4) is 0 Å². The predicted octanol–water partition coefficient (Wildman–Crippen LogP) is 1.23. The zero-order valence-corrected chi connectivity index (χ0v) is 17.4. The number of likely N-dealkylation sites (N-methyl/N-ethyl adjacent to an activating group) is 1. The highest BCUT2D eigenvalue weighted by molar-refractivity contribution is 14.0. The van der Waals surface area contributed by atoms with Crippen LogP contribution in [0.15, 0.2) is 4.99 Å². The second kappa shape index (κ2) is 13.4. The van der Waals surface area contributed by atoms with Gasteiger partial charge in [0.2, 0.25) is 5.91 Å². The summed E-state index contributed by atoms with van der Waals surface area (Å²) in [5.74, 6) is 0.169. The van der Waals surface area contributed by atoms with Gasteiger partial charge >= 0.3 is 6.18 Å². The van der Waals surface area contributed by atoms with Crippen LogP contribution in [0, 0.1) is 5.92 Å². The number of guanidine groups is 1. The molecule has 0 saturated carbocycles. The zero-order chi connectivity index (χ0) is 18.7. The van der Waals surface area contributed by atoms with Crippen LogP contribution in [0.2, 0.25) is 0 Å². The quantitative estimate of drug-likeness (QED) is 0.218. The monoisotopic (exact) mass is 496 g/mol. The first-order valence-corrected chi connectivity index (χ1v) is 8.22. The molecule has 0 bridgehead atoms.